The molecule has 2 atom stereocenters. The lowest BCUT2D eigenvalue weighted by molar-refractivity contribution is 0.130. The number of rotatable bonds is 0. The Bertz CT molecular complexity index is 104. The molecule has 58 valence electrons. The fourth-order valence-corrected chi connectivity index (χ4v) is 3.29. The lowest BCUT2D eigenvalue weighted by Crippen LogP contribution is -2.10. The van der Waals surface area contributed by atoms with E-state index < -0.39 is 0 Å². The van der Waals surface area contributed by atoms with Crippen LogP contribution in [0.1, 0.15) is 25.7 Å². The van der Waals surface area contributed by atoms with Crippen LogP contribution in [-0.4, -0.2) is 23.7 Å². The van der Waals surface area contributed by atoms with Gasteiger partial charge >= 0.3 is 0 Å². The van der Waals surface area contributed by atoms with E-state index in [2.05, 4.69) is 11.8 Å². The third-order valence-electron chi connectivity index (χ3n) is 2.36. The van der Waals surface area contributed by atoms with Crippen LogP contribution >= 0.6 is 11.8 Å². The van der Waals surface area contributed by atoms with E-state index in [0.29, 0.717) is 0 Å². The summed E-state index contributed by atoms with van der Waals surface area (Å²) in [6.45, 7) is 2.01. The van der Waals surface area contributed by atoms with E-state index in [1.165, 1.54) is 25.7 Å². The fraction of sp³-hybridized carbons (Fsp3) is 1.00. The summed E-state index contributed by atoms with van der Waals surface area (Å²) in [6, 6.07) is 0. The van der Waals surface area contributed by atoms with Gasteiger partial charge in [0, 0.05) is 23.7 Å². The smallest absolute Gasteiger partial charge is 0.0476 e. The molecule has 0 aromatic rings. The van der Waals surface area contributed by atoms with Gasteiger partial charge in [-0.1, -0.05) is 0 Å². The molecular weight excluding hydrogens is 144 g/mol. The van der Waals surface area contributed by atoms with Crippen LogP contribution in [0.4, 0.5) is 0 Å². The van der Waals surface area contributed by atoms with Gasteiger partial charge in [0.05, 0.1) is 0 Å². The van der Waals surface area contributed by atoms with Crippen molar-refractivity contribution in [1.29, 1.82) is 0 Å². The molecular formula is C8H14OS. The van der Waals surface area contributed by atoms with Crippen LogP contribution in [0.25, 0.3) is 0 Å². The van der Waals surface area contributed by atoms with E-state index in [9.17, 15) is 0 Å². The highest BCUT2D eigenvalue weighted by Gasteiger charge is 2.26. The molecule has 2 aliphatic heterocycles. The summed E-state index contributed by atoms with van der Waals surface area (Å²) in [7, 11) is 0. The summed E-state index contributed by atoms with van der Waals surface area (Å²) >= 11 is 2.21. The van der Waals surface area contributed by atoms with E-state index in [0.717, 1.165) is 23.7 Å². The number of thioether (sulfide) groups is 1. The molecule has 2 unspecified atom stereocenters. The maximum atomic E-state index is 5.44. The second kappa shape index (κ2) is 3.14. The Morgan fingerprint density at radius 2 is 1.50 bits per heavy atom. The molecule has 0 spiro atoms. The fourth-order valence-electron chi connectivity index (χ4n) is 1.74. The van der Waals surface area contributed by atoms with Crippen LogP contribution in [-0.2, 0) is 4.74 Å². The number of hydrogen-bond donors (Lipinski definition) is 0. The highest BCUT2D eigenvalue weighted by atomic mass is 32.2. The first kappa shape index (κ1) is 6.99. The summed E-state index contributed by atoms with van der Waals surface area (Å²) in [5.41, 5.74) is 0. The van der Waals surface area contributed by atoms with Crippen LogP contribution in [0.15, 0.2) is 0 Å². The van der Waals surface area contributed by atoms with E-state index in [1.54, 1.807) is 0 Å². The minimum atomic E-state index is 0.935. The summed E-state index contributed by atoms with van der Waals surface area (Å²) < 4.78 is 5.44. The lowest BCUT2D eigenvalue weighted by Gasteiger charge is -2.15. The first-order valence-electron chi connectivity index (χ1n) is 4.18. The minimum absolute atomic E-state index is 0.935. The van der Waals surface area contributed by atoms with Gasteiger partial charge in [-0.3, -0.25) is 0 Å². The van der Waals surface area contributed by atoms with Crippen molar-refractivity contribution in [3.8, 4) is 0 Å². The molecule has 0 aromatic heterocycles. The molecule has 2 fully saturated rings. The monoisotopic (exact) mass is 158 g/mol. The quantitative estimate of drug-likeness (QED) is 0.533. The topological polar surface area (TPSA) is 9.23 Å². The molecule has 0 saturated carbocycles. The Labute approximate surface area is 66.5 Å². The predicted octanol–water partition coefficient (Wildman–Crippen LogP) is 2.06. The van der Waals surface area contributed by atoms with Gasteiger partial charge in [-0.15, -0.1) is 0 Å². The van der Waals surface area contributed by atoms with E-state index in [4.69, 9.17) is 4.74 Å². The van der Waals surface area contributed by atoms with Gasteiger partial charge in [-0.25, -0.2) is 0 Å². The van der Waals surface area contributed by atoms with Crippen molar-refractivity contribution in [2.24, 2.45) is 0 Å². The average molecular weight is 158 g/mol. The molecule has 0 radical (unpaired) electrons. The Kier molecular flexibility index (Phi) is 2.19. The number of ether oxygens (including phenoxy) is 1. The van der Waals surface area contributed by atoms with Gasteiger partial charge in [0.25, 0.3) is 0 Å². The van der Waals surface area contributed by atoms with Crippen LogP contribution in [0.5, 0.6) is 0 Å². The first-order valence-corrected chi connectivity index (χ1v) is 5.12. The Balaban J connectivity index is 1.91. The molecule has 1 nitrogen and oxygen atoms in total. The first-order chi connectivity index (χ1) is 4.95. The second-order valence-corrected chi connectivity index (χ2v) is 4.75. The van der Waals surface area contributed by atoms with Gasteiger partial charge in [0.2, 0.25) is 0 Å². The largest absolute Gasteiger partial charge is 0.381 e. The lowest BCUT2D eigenvalue weighted by atomic mass is 10.1. The molecule has 2 saturated heterocycles. The highest BCUT2D eigenvalue weighted by Crippen LogP contribution is 2.38. The maximum Gasteiger partial charge on any atom is 0.0476 e. The normalized spacial score (nSPS) is 40.8. The molecule has 2 rings (SSSR count). The zero-order chi connectivity index (χ0) is 6.81. The van der Waals surface area contributed by atoms with Crippen molar-refractivity contribution < 1.29 is 4.74 Å². The number of fused-ring (bicyclic) bond motifs is 2. The van der Waals surface area contributed by atoms with E-state index in [1.807, 2.05) is 0 Å². The minimum Gasteiger partial charge on any atom is -0.381 e. The van der Waals surface area contributed by atoms with Gasteiger partial charge < -0.3 is 4.74 Å². The molecule has 0 amide bonds. The second-order valence-electron chi connectivity index (χ2n) is 3.15. The molecule has 2 bridgehead atoms. The Hall–Kier alpha value is 0.310. The molecule has 0 aliphatic carbocycles. The Morgan fingerprint density at radius 3 is 2.10 bits per heavy atom. The molecule has 2 heterocycles. The third-order valence-corrected chi connectivity index (χ3v) is 4.08. The van der Waals surface area contributed by atoms with Crippen LogP contribution in [0, 0.1) is 0 Å². The van der Waals surface area contributed by atoms with E-state index in [-0.39, 0.29) is 0 Å². The van der Waals surface area contributed by atoms with Crippen molar-refractivity contribution in [1.82, 2.24) is 0 Å². The van der Waals surface area contributed by atoms with Gasteiger partial charge in [0.1, 0.15) is 0 Å². The summed E-state index contributed by atoms with van der Waals surface area (Å²) in [5, 5.41) is 1.87. The standard InChI is InChI=1S/C8H14OS/c1-2-8-4-6-9-5-3-7(1)10-8/h7-8H,1-6H2. The Morgan fingerprint density at radius 1 is 0.900 bits per heavy atom. The van der Waals surface area contributed by atoms with Crippen molar-refractivity contribution in [2.45, 2.75) is 36.2 Å². The summed E-state index contributed by atoms with van der Waals surface area (Å²) in [4.78, 5) is 0. The van der Waals surface area contributed by atoms with Crippen LogP contribution in [0.2, 0.25) is 0 Å². The highest BCUT2D eigenvalue weighted by molar-refractivity contribution is 8.00. The van der Waals surface area contributed by atoms with Crippen LogP contribution in [0.3, 0.4) is 0 Å². The van der Waals surface area contributed by atoms with Crippen molar-refractivity contribution >= 4 is 11.8 Å². The SMILES string of the molecule is C1CC2CCC(CCO1)S2. The van der Waals surface area contributed by atoms with E-state index >= 15 is 0 Å². The molecule has 2 aliphatic rings. The zero-order valence-corrected chi connectivity index (χ0v) is 7.03. The summed E-state index contributed by atoms with van der Waals surface area (Å²) in [5.74, 6) is 0. The van der Waals surface area contributed by atoms with Crippen molar-refractivity contribution in [3.63, 3.8) is 0 Å². The van der Waals surface area contributed by atoms with Gasteiger partial charge in [0.15, 0.2) is 0 Å². The molecule has 10 heavy (non-hydrogen) atoms. The molecule has 0 aromatic carbocycles. The van der Waals surface area contributed by atoms with Crippen molar-refractivity contribution in [3.05, 3.63) is 0 Å². The zero-order valence-electron chi connectivity index (χ0n) is 6.21. The number of hydrogen-bond acceptors (Lipinski definition) is 2. The third kappa shape index (κ3) is 1.48. The van der Waals surface area contributed by atoms with Crippen LogP contribution < -0.4 is 0 Å². The predicted molar refractivity (Wildman–Crippen MR) is 44.5 cm³/mol. The maximum absolute atomic E-state index is 5.44. The van der Waals surface area contributed by atoms with Gasteiger partial charge in [-0.05, 0) is 25.7 Å². The average Bonchev–Trinajstić information content (AvgIpc) is 2.30. The van der Waals surface area contributed by atoms with Crippen molar-refractivity contribution in [2.75, 3.05) is 13.2 Å². The van der Waals surface area contributed by atoms with Gasteiger partial charge in [-0.2, -0.15) is 11.8 Å². The molecule has 0 N–H and O–H groups in total. The molecule has 2 heteroatoms. The summed E-state index contributed by atoms with van der Waals surface area (Å²) in [6.07, 6.45) is 5.47.